The van der Waals surface area contributed by atoms with E-state index in [0.29, 0.717) is 6.04 Å². The number of aromatic nitrogens is 1. The van der Waals surface area contributed by atoms with E-state index in [0.717, 1.165) is 44.7 Å². The number of piperidine rings is 1. The third-order valence-corrected chi connectivity index (χ3v) is 10.3. The van der Waals surface area contributed by atoms with Gasteiger partial charge in [0.15, 0.2) is 0 Å². The van der Waals surface area contributed by atoms with Crippen LogP contribution in [0.15, 0.2) is 91.1 Å². The number of likely N-dealkylation sites (tertiary alicyclic amines) is 1. The molecule has 6 rings (SSSR count). The molecule has 0 spiro atoms. The lowest BCUT2D eigenvalue weighted by Gasteiger charge is -2.40. The fourth-order valence-corrected chi connectivity index (χ4v) is 7.05. The van der Waals surface area contributed by atoms with Crippen molar-refractivity contribution in [1.29, 1.82) is 0 Å². The molecule has 0 saturated carbocycles. The van der Waals surface area contributed by atoms with Gasteiger partial charge in [-0.3, -0.25) is 9.88 Å². The first-order valence-corrected chi connectivity index (χ1v) is 16.9. The van der Waals surface area contributed by atoms with E-state index in [-0.39, 0.29) is 24.8 Å². The highest BCUT2D eigenvalue weighted by Gasteiger charge is 2.26. The zero-order valence-electron chi connectivity index (χ0n) is 29.6. The van der Waals surface area contributed by atoms with E-state index in [2.05, 4.69) is 143 Å². The van der Waals surface area contributed by atoms with Crippen molar-refractivity contribution in [2.24, 2.45) is 0 Å². The van der Waals surface area contributed by atoms with E-state index >= 15 is 0 Å². The van der Waals surface area contributed by atoms with Crippen LogP contribution >= 0.6 is 24.8 Å². The van der Waals surface area contributed by atoms with Crippen molar-refractivity contribution in [2.45, 2.75) is 80.4 Å². The minimum absolute atomic E-state index is 0. The summed E-state index contributed by atoms with van der Waals surface area (Å²) in [5.74, 6) is 0. The normalized spacial score (nSPS) is 13.5. The van der Waals surface area contributed by atoms with Crippen LogP contribution in [0.25, 0.3) is 22.4 Å². The highest BCUT2D eigenvalue weighted by atomic mass is 35.5. The lowest BCUT2D eigenvalue weighted by Crippen LogP contribution is -2.44. The Morgan fingerprint density at radius 3 is 1.85 bits per heavy atom. The average Bonchev–Trinajstić information content (AvgIpc) is 3.05. The Hall–Kier alpha value is -3.63. The molecule has 0 radical (unpaired) electrons. The van der Waals surface area contributed by atoms with E-state index in [1.165, 1.54) is 72.4 Å². The van der Waals surface area contributed by atoms with Gasteiger partial charge >= 0.3 is 0 Å². The van der Waals surface area contributed by atoms with Gasteiger partial charge in [-0.2, -0.15) is 0 Å². The number of benzene rings is 4. The predicted molar refractivity (Wildman–Crippen MR) is 210 cm³/mol. The quantitative estimate of drug-likeness (QED) is 0.163. The van der Waals surface area contributed by atoms with Gasteiger partial charge in [-0.25, -0.2) is 0 Å². The van der Waals surface area contributed by atoms with Gasteiger partial charge < -0.3 is 4.90 Å². The standard InChI is InChI=1S/C43H49N3.2ClH/c1-29-10-8-13-42(20-29)46(28-37-14-17-44-43(26-37)40-23-32(4)35(7)33(5)24-40)41-15-18-45(19-16-41)27-36-11-9-12-38(25-36)39-21-30(2)34(6)31(3)22-39;;/h8-14,17,20-26,41H,15-16,18-19,27-28H2,1-7H3;2*1H. The maximum Gasteiger partial charge on any atom is 0.0705 e. The summed E-state index contributed by atoms with van der Waals surface area (Å²) < 4.78 is 0. The Morgan fingerprint density at radius 1 is 0.625 bits per heavy atom. The highest BCUT2D eigenvalue weighted by molar-refractivity contribution is 5.85. The van der Waals surface area contributed by atoms with Gasteiger partial charge in [-0.15, -0.1) is 24.8 Å². The number of hydrogen-bond acceptors (Lipinski definition) is 3. The number of anilines is 1. The molecule has 2 heterocycles. The van der Waals surface area contributed by atoms with Crippen LogP contribution in [-0.2, 0) is 13.1 Å². The molecule has 4 aromatic carbocycles. The Morgan fingerprint density at radius 2 is 1.23 bits per heavy atom. The summed E-state index contributed by atoms with van der Waals surface area (Å²) in [6.07, 6.45) is 4.29. The van der Waals surface area contributed by atoms with Gasteiger partial charge in [0.05, 0.1) is 5.69 Å². The smallest absolute Gasteiger partial charge is 0.0705 e. The number of hydrogen-bond donors (Lipinski definition) is 0. The molecule has 5 aromatic rings. The zero-order chi connectivity index (χ0) is 32.4. The fourth-order valence-electron chi connectivity index (χ4n) is 7.05. The second-order valence-corrected chi connectivity index (χ2v) is 13.7. The van der Waals surface area contributed by atoms with Crippen LogP contribution in [0.1, 0.15) is 62.9 Å². The number of nitrogens with zero attached hydrogens (tertiary/aromatic N) is 3. The SMILES string of the molecule is Cc1cccc(N(Cc2ccnc(-c3cc(C)c(C)c(C)c3)c2)C2CCN(Cc3cccc(-c4cc(C)c(C)c(C)c4)c3)CC2)c1.Cl.Cl. The first-order valence-electron chi connectivity index (χ1n) is 16.9. The zero-order valence-corrected chi connectivity index (χ0v) is 31.3. The summed E-state index contributed by atoms with van der Waals surface area (Å²) >= 11 is 0. The van der Waals surface area contributed by atoms with Crippen molar-refractivity contribution in [3.8, 4) is 22.4 Å². The van der Waals surface area contributed by atoms with Gasteiger partial charge in [-0.1, -0.05) is 42.5 Å². The van der Waals surface area contributed by atoms with Crippen LogP contribution in [0, 0.1) is 48.5 Å². The van der Waals surface area contributed by atoms with Crippen molar-refractivity contribution in [3.63, 3.8) is 0 Å². The fraction of sp³-hybridized carbons (Fsp3) is 0.326. The topological polar surface area (TPSA) is 19.4 Å². The van der Waals surface area contributed by atoms with E-state index in [4.69, 9.17) is 4.98 Å². The largest absolute Gasteiger partial charge is 0.364 e. The summed E-state index contributed by atoms with van der Waals surface area (Å²) in [4.78, 5) is 10.1. The molecule has 0 amide bonds. The van der Waals surface area contributed by atoms with Gasteiger partial charge in [-0.05, 0) is 165 Å². The number of aryl methyl sites for hydroxylation is 5. The summed E-state index contributed by atoms with van der Waals surface area (Å²) in [5, 5.41) is 0. The van der Waals surface area contributed by atoms with Gasteiger partial charge in [0, 0.05) is 49.7 Å². The third-order valence-electron chi connectivity index (χ3n) is 10.3. The van der Waals surface area contributed by atoms with E-state index in [1.54, 1.807) is 0 Å². The van der Waals surface area contributed by atoms with Crippen LogP contribution in [0.4, 0.5) is 5.69 Å². The minimum Gasteiger partial charge on any atom is -0.364 e. The molecular formula is C43H51Cl2N3. The van der Waals surface area contributed by atoms with Gasteiger partial charge in [0.25, 0.3) is 0 Å². The summed E-state index contributed by atoms with van der Waals surface area (Å²) in [6.45, 7) is 19.5. The molecule has 0 bridgehead atoms. The Labute approximate surface area is 301 Å². The highest BCUT2D eigenvalue weighted by Crippen LogP contribution is 2.30. The van der Waals surface area contributed by atoms with Crippen LogP contribution in [0.3, 0.4) is 0 Å². The second-order valence-electron chi connectivity index (χ2n) is 13.7. The van der Waals surface area contributed by atoms with Crippen LogP contribution in [0.2, 0.25) is 0 Å². The molecule has 0 aliphatic carbocycles. The Bertz CT molecular complexity index is 1810. The monoisotopic (exact) mass is 679 g/mol. The molecule has 1 aromatic heterocycles. The molecule has 5 heteroatoms. The van der Waals surface area contributed by atoms with Crippen molar-refractivity contribution >= 4 is 30.5 Å². The molecule has 0 N–H and O–H groups in total. The lowest BCUT2D eigenvalue weighted by molar-refractivity contribution is 0.201. The van der Waals surface area contributed by atoms with Crippen LogP contribution in [-0.4, -0.2) is 29.0 Å². The molecular weight excluding hydrogens is 629 g/mol. The van der Waals surface area contributed by atoms with Crippen molar-refractivity contribution < 1.29 is 0 Å². The Balaban J connectivity index is 0.00000260. The number of pyridine rings is 1. The summed E-state index contributed by atoms with van der Waals surface area (Å²) in [7, 11) is 0. The first-order chi connectivity index (χ1) is 22.1. The van der Waals surface area contributed by atoms with Crippen LogP contribution in [0.5, 0.6) is 0 Å². The van der Waals surface area contributed by atoms with E-state index in [9.17, 15) is 0 Å². The van der Waals surface area contributed by atoms with Gasteiger partial charge in [0.1, 0.15) is 0 Å². The summed E-state index contributed by atoms with van der Waals surface area (Å²) in [6, 6.07) is 32.4. The molecule has 0 unspecified atom stereocenters. The van der Waals surface area contributed by atoms with E-state index in [1.807, 2.05) is 6.20 Å². The maximum atomic E-state index is 4.79. The molecule has 0 atom stereocenters. The molecule has 1 fully saturated rings. The predicted octanol–water partition coefficient (Wildman–Crippen LogP) is 11.1. The van der Waals surface area contributed by atoms with Crippen molar-refractivity contribution in [1.82, 2.24) is 9.88 Å². The molecule has 1 saturated heterocycles. The van der Waals surface area contributed by atoms with Crippen molar-refractivity contribution in [2.75, 3.05) is 18.0 Å². The second kappa shape index (κ2) is 16.2. The maximum absolute atomic E-state index is 4.79. The Kier molecular flexibility index (Phi) is 12.5. The number of halogens is 2. The third kappa shape index (κ3) is 8.50. The first kappa shape index (κ1) is 37.2. The van der Waals surface area contributed by atoms with E-state index < -0.39 is 0 Å². The average molecular weight is 681 g/mol. The lowest BCUT2D eigenvalue weighted by atomic mass is 9.95. The van der Waals surface area contributed by atoms with Crippen molar-refractivity contribution in [3.05, 3.63) is 141 Å². The molecule has 1 aliphatic rings. The van der Waals surface area contributed by atoms with Crippen LogP contribution < -0.4 is 4.90 Å². The molecule has 48 heavy (non-hydrogen) atoms. The minimum atomic E-state index is 0. The number of rotatable bonds is 8. The molecule has 1 aliphatic heterocycles. The summed E-state index contributed by atoms with van der Waals surface area (Å²) in [5.41, 5.74) is 18.3. The van der Waals surface area contributed by atoms with Gasteiger partial charge in [0.2, 0.25) is 0 Å². The molecule has 3 nitrogen and oxygen atoms in total. The molecule has 252 valence electrons.